The number of likely N-dealkylation sites (tertiary alicyclic amines) is 1. The largest absolute Gasteiger partial charge is 0.386 e. The molecule has 0 atom stereocenters. The van der Waals surface area contributed by atoms with E-state index in [2.05, 4.69) is 0 Å². The van der Waals surface area contributed by atoms with Crippen molar-refractivity contribution in [3.8, 4) is 0 Å². The van der Waals surface area contributed by atoms with Crippen LogP contribution in [0.4, 0.5) is 5.69 Å². The van der Waals surface area contributed by atoms with Gasteiger partial charge < -0.3 is 10.0 Å². The van der Waals surface area contributed by atoms with Crippen molar-refractivity contribution >= 4 is 11.6 Å². The zero-order valence-corrected chi connectivity index (χ0v) is 11.2. The van der Waals surface area contributed by atoms with E-state index in [-0.39, 0.29) is 30.2 Å². The minimum atomic E-state index is -0.770. The lowest BCUT2D eigenvalue weighted by Crippen LogP contribution is -2.64. The molecule has 20 heavy (non-hydrogen) atoms. The molecule has 1 amide bonds. The third kappa shape index (κ3) is 1.96. The average molecular weight is 276 g/mol. The van der Waals surface area contributed by atoms with Crippen LogP contribution in [0.2, 0.25) is 0 Å². The Morgan fingerprint density at radius 3 is 2.65 bits per heavy atom. The third-order valence-corrected chi connectivity index (χ3v) is 4.20. The van der Waals surface area contributed by atoms with Gasteiger partial charge in [0.15, 0.2) is 0 Å². The van der Waals surface area contributed by atoms with Crippen molar-refractivity contribution in [1.29, 1.82) is 0 Å². The number of aryl methyl sites for hydroxylation is 1. The second-order valence-corrected chi connectivity index (χ2v) is 5.77. The Morgan fingerprint density at radius 2 is 2.10 bits per heavy atom. The van der Waals surface area contributed by atoms with Gasteiger partial charge in [0.25, 0.3) is 11.6 Å². The van der Waals surface area contributed by atoms with Gasteiger partial charge in [0.05, 0.1) is 18.0 Å². The number of benzene rings is 1. The highest BCUT2D eigenvalue weighted by Gasteiger charge is 2.53. The predicted octanol–water partition coefficient (Wildman–Crippen LogP) is 1.50. The van der Waals surface area contributed by atoms with E-state index < -0.39 is 10.5 Å². The molecule has 1 saturated heterocycles. The fourth-order valence-electron chi connectivity index (χ4n) is 2.88. The van der Waals surface area contributed by atoms with E-state index in [1.807, 2.05) is 0 Å². The Kier molecular flexibility index (Phi) is 2.79. The summed E-state index contributed by atoms with van der Waals surface area (Å²) in [6.45, 7) is 2.18. The van der Waals surface area contributed by atoms with Crippen LogP contribution < -0.4 is 0 Å². The summed E-state index contributed by atoms with van der Waals surface area (Å²) < 4.78 is 0. The molecule has 2 fully saturated rings. The van der Waals surface area contributed by atoms with E-state index in [1.165, 1.54) is 11.0 Å². The molecule has 0 radical (unpaired) electrons. The lowest BCUT2D eigenvalue weighted by Gasteiger charge is -2.46. The molecular formula is C14H16N2O4. The second kappa shape index (κ2) is 4.28. The van der Waals surface area contributed by atoms with E-state index >= 15 is 0 Å². The monoisotopic (exact) mass is 276 g/mol. The van der Waals surface area contributed by atoms with Crippen LogP contribution in [-0.4, -0.2) is 39.5 Å². The summed E-state index contributed by atoms with van der Waals surface area (Å²) >= 11 is 0. The molecule has 1 aromatic rings. The number of hydrogen-bond donors (Lipinski definition) is 1. The normalized spacial score (nSPS) is 20.4. The van der Waals surface area contributed by atoms with Gasteiger partial charge in [0.1, 0.15) is 11.2 Å². The lowest BCUT2D eigenvalue weighted by atomic mass is 9.88. The smallest absolute Gasteiger partial charge is 0.285 e. The van der Waals surface area contributed by atoms with Crippen LogP contribution in [0.15, 0.2) is 18.2 Å². The molecule has 1 aliphatic carbocycles. The molecule has 0 spiro atoms. The molecule has 2 aliphatic rings. The van der Waals surface area contributed by atoms with E-state index in [4.69, 9.17) is 0 Å². The van der Waals surface area contributed by atoms with Gasteiger partial charge in [-0.05, 0) is 31.7 Å². The fraction of sp³-hybridized carbons (Fsp3) is 0.500. The third-order valence-electron chi connectivity index (χ3n) is 4.20. The first-order valence-corrected chi connectivity index (χ1v) is 6.68. The number of nitro groups is 1. The summed E-state index contributed by atoms with van der Waals surface area (Å²) in [7, 11) is 0. The zero-order valence-electron chi connectivity index (χ0n) is 11.2. The number of nitrogens with zero attached hydrogens (tertiary/aromatic N) is 2. The lowest BCUT2D eigenvalue weighted by molar-refractivity contribution is -0.385. The summed E-state index contributed by atoms with van der Waals surface area (Å²) in [4.78, 5) is 24.4. The number of amides is 1. The zero-order chi connectivity index (χ0) is 14.5. The van der Waals surface area contributed by atoms with Crippen LogP contribution in [0.25, 0.3) is 0 Å². The maximum absolute atomic E-state index is 12.3. The number of nitro benzene ring substituents is 1. The molecule has 6 heteroatoms. The number of carbonyl (C=O) groups is 1. The fourth-order valence-corrected chi connectivity index (χ4v) is 2.88. The number of para-hydroxylation sites is 1. The molecule has 0 bridgehead atoms. The van der Waals surface area contributed by atoms with Gasteiger partial charge in [-0.25, -0.2) is 0 Å². The molecule has 1 aromatic carbocycles. The Hall–Kier alpha value is -1.95. The van der Waals surface area contributed by atoms with E-state index in [0.29, 0.717) is 11.5 Å². The molecule has 106 valence electrons. The summed E-state index contributed by atoms with van der Waals surface area (Å²) in [5, 5.41) is 21.3. The first-order valence-electron chi connectivity index (χ1n) is 6.68. The van der Waals surface area contributed by atoms with Gasteiger partial charge in [0, 0.05) is 5.56 Å². The molecule has 0 unspecified atom stereocenters. The van der Waals surface area contributed by atoms with Gasteiger partial charge in [-0.3, -0.25) is 14.9 Å². The molecular weight excluding hydrogens is 260 g/mol. The molecule has 1 N–H and O–H groups in total. The van der Waals surface area contributed by atoms with E-state index in [1.54, 1.807) is 19.1 Å². The number of β-amino-alcohol motifs (C(OH)–C–C–N with tert-alkyl or cyclic N) is 1. The molecule has 1 aliphatic heterocycles. The molecule has 1 heterocycles. The average Bonchev–Trinajstić information content (AvgIpc) is 3.17. The SMILES string of the molecule is Cc1cccc(C(=O)N2CC(O)(C3CC3)C2)c1[N+](=O)[O-]. The van der Waals surface area contributed by atoms with Crippen molar-refractivity contribution in [3.05, 3.63) is 39.4 Å². The number of carbonyl (C=O) groups excluding carboxylic acids is 1. The van der Waals surface area contributed by atoms with Crippen molar-refractivity contribution < 1.29 is 14.8 Å². The Bertz CT molecular complexity index is 589. The van der Waals surface area contributed by atoms with Crippen LogP contribution in [0.3, 0.4) is 0 Å². The first-order chi connectivity index (χ1) is 9.42. The predicted molar refractivity (Wildman–Crippen MR) is 71.4 cm³/mol. The summed E-state index contributed by atoms with van der Waals surface area (Å²) in [6.07, 6.45) is 2.01. The Labute approximate surface area is 116 Å². The number of aliphatic hydroxyl groups is 1. The van der Waals surface area contributed by atoms with Gasteiger partial charge >= 0.3 is 0 Å². The highest BCUT2D eigenvalue weighted by atomic mass is 16.6. The van der Waals surface area contributed by atoms with Gasteiger partial charge in [-0.1, -0.05) is 12.1 Å². The summed E-state index contributed by atoms with van der Waals surface area (Å²) in [5.74, 6) is -0.0789. The minimum Gasteiger partial charge on any atom is -0.386 e. The molecule has 1 saturated carbocycles. The Balaban J connectivity index is 1.82. The van der Waals surface area contributed by atoms with Crippen molar-refractivity contribution in [2.24, 2.45) is 5.92 Å². The van der Waals surface area contributed by atoms with Crippen LogP contribution in [0, 0.1) is 23.0 Å². The van der Waals surface area contributed by atoms with Crippen molar-refractivity contribution in [2.45, 2.75) is 25.4 Å². The van der Waals surface area contributed by atoms with E-state index in [0.717, 1.165) is 12.8 Å². The van der Waals surface area contributed by atoms with Crippen LogP contribution >= 0.6 is 0 Å². The van der Waals surface area contributed by atoms with Crippen LogP contribution in [0.1, 0.15) is 28.8 Å². The highest BCUT2D eigenvalue weighted by Crippen LogP contribution is 2.45. The summed E-state index contributed by atoms with van der Waals surface area (Å²) in [6, 6.07) is 4.73. The topological polar surface area (TPSA) is 83.7 Å². The maximum Gasteiger partial charge on any atom is 0.285 e. The second-order valence-electron chi connectivity index (χ2n) is 5.77. The van der Waals surface area contributed by atoms with Crippen LogP contribution in [-0.2, 0) is 0 Å². The molecule has 6 nitrogen and oxygen atoms in total. The molecule has 0 aromatic heterocycles. The first kappa shape index (κ1) is 13.1. The summed E-state index contributed by atoms with van der Waals surface area (Å²) in [5.41, 5.74) is -0.333. The van der Waals surface area contributed by atoms with Crippen molar-refractivity contribution in [1.82, 2.24) is 4.90 Å². The highest BCUT2D eigenvalue weighted by molar-refractivity contribution is 5.99. The van der Waals surface area contributed by atoms with Gasteiger partial charge in [0.2, 0.25) is 0 Å². The Morgan fingerprint density at radius 1 is 1.45 bits per heavy atom. The number of rotatable bonds is 3. The molecule has 3 rings (SSSR count). The van der Waals surface area contributed by atoms with Crippen molar-refractivity contribution in [3.63, 3.8) is 0 Å². The standard InChI is InChI=1S/C14H16N2O4/c1-9-3-2-4-11(12(9)16(19)20)13(17)15-7-14(18,8-15)10-5-6-10/h2-4,10,18H,5-8H2,1H3. The quantitative estimate of drug-likeness (QED) is 0.669. The maximum atomic E-state index is 12.3. The van der Waals surface area contributed by atoms with Crippen LogP contribution in [0.5, 0.6) is 0 Å². The number of hydrogen-bond acceptors (Lipinski definition) is 4. The minimum absolute atomic E-state index is 0.104. The van der Waals surface area contributed by atoms with Gasteiger partial charge in [-0.15, -0.1) is 0 Å². The van der Waals surface area contributed by atoms with E-state index in [9.17, 15) is 20.0 Å². The van der Waals surface area contributed by atoms with Crippen molar-refractivity contribution in [2.75, 3.05) is 13.1 Å². The van der Waals surface area contributed by atoms with Gasteiger partial charge in [-0.2, -0.15) is 0 Å².